The van der Waals surface area contributed by atoms with Crippen LogP contribution >= 0.6 is 0 Å². The molecular formula is C29H55N5O15. The van der Waals surface area contributed by atoms with Crippen molar-refractivity contribution in [1.82, 2.24) is 0 Å². The summed E-state index contributed by atoms with van der Waals surface area (Å²) in [6, 6.07) is -3.30. The number of rotatable bonds is 14. The molecule has 1 saturated carbocycles. The third kappa shape index (κ3) is 8.93. The van der Waals surface area contributed by atoms with Crippen LogP contribution in [0.2, 0.25) is 0 Å². The molecule has 4 rings (SSSR count). The Morgan fingerprint density at radius 1 is 0.755 bits per heavy atom. The maximum atomic E-state index is 12.9. The number of ether oxygens (including phenoxy) is 6. The van der Waals surface area contributed by atoms with E-state index >= 15 is 0 Å². The molecule has 20 atom stereocenters. The Bertz CT molecular complexity index is 1050. The van der Waals surface area contributed by atoms with Gasteiger partial charge < -0.3 is 97.9 Å². The summed E-state index contributed by atoms with van der Waals surface area (Å²) in [5.41, 5.74) is 30.1. The molecule has 0 unspecified atom stereocenters. The maximum Gasteiger partial charge on any atom is 0.187 e. The van der Waals surface area contributed by atoms with Crippen LogP contribution in [0.1, 0.15) is 32.6 Å². The molecule has 0 aromatic carbocycles. The van der Waals surface area contributed by atoms with Crippen molar-refractivity contribution in [3.63, 3.8) is 0 Å². The molecule has 0 radical (unpaired) electrons. The average molecular weight is 714 g/mol. The number of carbonyl (C=O) groups is 1. The molecule has 0 amide bonds. The Morgan fingerprint density at radius 3 is 1.98 bits per heavy atom. The Kier molecular flexibility index (Phi) is 14.6. The highest BCUT2D eigenvalue weighted by Gasteiger charge is 2.54. The lowest BCUT2D eigenvalue weighted by Gasteiger charge is -2.47. The van der Waals surface area contributed by atoms with Gasteiger partial charge in [0.2, 0.25) is 0 Å². The first kappa shape index (κ1) is 40.7. The standard InChI is InChI=1S/C29H55N5O15/c1-2-12(36)20(40)14(38)4-9-3-11(32)24(47-27-17(33)13(37)5-10(6-30)44-27)26(19(9)39)49-29-23(43)25(16(8-35)46-29)48-28-18(34)22(42)21(41)15(7-31)45-28/h9-13,15-29,35-37,39-43H,2-8,30-34H2,1H3/t9-,10-,11-,12-,13+,15-,16+,17+,18+,19-,20-,21+,22+,23+,24+,25+,26+,27+,28+,29-/m0/s1. The van der Waals surface area contributed by atoms with E-state index in [1.807, 2.05) is 0 Å². The lowest BCUT2D eigenvalue weighted by molar-refractivity contribution is -0.298. The summed E-state index contributed by atoms with van der Waals surface area (Å²) in [6.07, 6.45) is -21.7. The van der Waals surface area contributed by atoms with Crippen molar-refractivity contribution in [2.75, 3.05) is 19.7 Å². The van der Waals surface area contributed by atoms with Gasteiger partial charge in [-0.15, -0.1) is 0 Å². The van der Waals surface area contributed by atoms with Crippen molar-refractivity contribution < 1.29 is 74.1 Å². The second kappa shape index (κ2) is 17.6. The van der Waals surface area contributed by atoms with Gasteiger partial charge in [0, 0.05) is 32.0 Å². The van der Waals surface area contributed by atoms with Gasteiger partial charge in [-0.1, -0.05) is 6.92 Å². The first-order valence-corrected chi connectivity index (χ1v) is 16.7. The molecule has 20 heteroatoms. The molecule has 0 spiro atoms. The van der Waals surface area contributed by atoms with E-state index in [9.17, 15) is 45.6 Å². The normalized spacial score (nSPS) is 47.6. The van der Waals surface area contributed by atoms with E-state index in [0.29, 0.717) is 0 Å². The van der Waals surface area contributed by atoms with E-state index in [4.69, 9.17) is 57.1 Å². The molecule has 0 aromatic heterocycles. The van der Waals surface area contributed by atoms with E-state index in [1.54, 1.807) is 6.92 Å². The third-order valence-electron chi connectivity index (χ3n) is 9.89. The predicted octanol–water partition coefficient (Wildman–Crippen LogP) is -7.49. The van der Waals surface area contributed by atoms with E-state index < -0.39 is 141 Å². The summed E-state index contributed by atoms with van der Waals surface area (Å²) in [5, 5.41) is 84.4. The Morgan fingerprint density at radius 2 is 1.37 bits per heavy atom. The molecule has 3 aliphatic heterocycles. The van der Waals surface area contributed by atoms with Crippen molar-refractivity contribution in [2.24, 2.45) is 34.6 Å². The number of hydrogen-bond acceptors (Lipinski definition) is 20. The van der Waals surface area contributed by atoms with Crippen molar-refractivity contribution >= 4 is 5.78 Å². The number of aliphatic hydroxyl groups excluding tert-OH is 8. The first-order valence-electron chi connectivity index (χ1n) is 16.7. The topological polar surface area (TPSA) is 364 Å². The summed E-state index contributed by atoms with van der Waals surface area (Å²) in [5.74, 6) is -1.67. The SMILES string of the molecule is CC[C@H](O)[C@H](O)C(=O)C[C@@H]1C[C@H](N)[C@@H](O[C@H]2O[C@H](CN)C[C@@H](O)[C@H]2N)[C@H](O[C@@H]2O[C@H](CO)[C@@H](O[C@H]3O[C@@H](CN)[C@@H](O)[C@H](O)[C@H]3N)[C@H]2O)[C@H]1O. The van der Waals surface area contributed by atoms with Gasteiger partial charge in [0.25, 0.3) is 0 Å². The largest absolute Gasteiger partial charge is 0.394 e. The van der Waals surface area contributed by atoms with Crippen LogP contribution in [0.5, 0.6) is 0 Å². The zero-order chi connectivity index (χ0) is 36.3. The van der Waals surface area contributed by atoms with Crippen LogP contribution in [0.4, 0.5) is 0 Å². The van der Waals surface area contributed by atoms with E-state index in [2.05, 4.69) is 0 Å². The fourth-order valence-corrected chi connectivity index (χ4v) is 6.77. The van der Waals surface area contributed by atoms with Crippen molar-refractivity contribution in [3.8, 4) is 0 Å². The maximum absolute atomic E-state index is 12.9. The lowest BCUT2D eigenvalue weighted by Crippen LogP contribution is -2.64. The highest BCUT2D eigenvalue weighted by atomic mass is 16.8. The minimum Gasteiger partial charge on any atom is -0.394 e. The second-order valence-corrected chi connectivity index (χ2v) is 13.3. The first-order chi connectivity index (χ1) is 23.2. The molecule has 1 aliphatic carbocycles. The molecule has 4 fully saturated rings. The second-order valence-electron chi connectivity index (χ2n) is 13.3. The van der Waals surface area contributed by atoms with Crippen molar-refractivity contribution in [1.29, 1.82) is 0 Å². The number of carbonyl (C=O) groups excluding carboxylic acids is 1. The minimum absolute atomic E-state index is 0.0241. The molecule has 286 valence electrons. The number of Topliss-reactive ketones (excluding diaryl/α,β-unsaturated/α-hetero) is 1. The molecule has 20 nitrogen and oxygen atoms in total. The smallest absolute Gasteiger partial charge is 0.187 e. The fourth-order valence-electron chi connectivity index (χ4n) is 6.77. The molecule has 0 bridgehead atoms. The summed E-state index contributed by atoms with van der Waals surface area (Å²) >= 11 is 0. The number of hydrogen-bond donors (Lipinski definition) is 13. The van der Waals surface area contributed by atoms with Crippen LogP contribution in [-0.4, -0.2) is 183 Å². The van der Waals surface area contributed by atoms with Gasteiger partial charge in [-0.05, 0) is 18.8 Å². The molecule has 3 saturated heterocycles. The fraction of sp³-hybridized carbons (Fsp3) is 0.966. The Balaban J connectivity index is 1.57. The van der Waals surface area contributed by atoms with Crippen LogP contribution in [0, 0.1) is 5.92 Å². The molecule has 49 heavy (non-hydrogen) atoms. The molecule has 4 aliphatic rings. The zero-order valence-corrected chi connectivity index (χ0v) is 27.3. The monoisotopic (exact) mass is 713 g/mol. The predicted molar refractivity (Wildman–Crippen MR) is 164 cm³/mol. The molecule has 3 heterocycles. The summed E-state index contributed by atoms with van der Waals surface area (Å²) in [4.78, 5) is 12.9. The van der Waals surface area contributed by atoms with Crippen LogP contribution in [0.3, 0.4) is 0 Å². The van der Waals surface area contributed by atoms with Gasteiger partial charge in [-0.2, -0.15) is 0 Å². The van der Waals surface area contributed by atoms with Crippen LogP contribution in [-0.2, 0) is 33.2 Å². The minimum atomic E-state index is -1.71. The summed E-state index contributed by atoms with van der Waals surface area (Å²) < 4.78 is 35.3. The number of aliphatic hydroxyl groups is 8. The third-order valence-corrected chi connectivity index (χ3v) is 9.89. The van der Waals surface area contributed by atoms with Crippen LogP contribution < -0.4 is 28.7 Å². The van der Waals surface area contributed by atoms with Gasteiger partial charge in [0.1, 0.15) is 54.9 Å². The van der Waals surface area contributed by atoms with Gasteiger partial charge in [-0.25, -0.2) is 0 Å². The van der Waals surface area contributed by atoms with E-state index in [0.717, 1.165) is 0 Å². The molecular weight excluding hydrogens is 658 g/mol. The number of ketones is 1. The van der Waals surface area contributed by atoms with Gasteiger partial charge in [-0.3, -0.25) is 4.79 Å². The van der Waals surface area contributed by atoms with E-state index in [1.165, 1.54) is 0 Å². The van der Waals surface area contributed by atoms with Crippen LogP contribution in [0.15, 0.2) is 0 Å². The zero-order valence-electron chi connectivity index (χ0n) is 27.3. The Labute approximate surface area is 283 Å². The highest BCUT2D eigenvalue weighted by Crippen LogP contribution is 2.37. The molecule has 0 aromatic rings. The van der Waals surface area contributed by atoms with Gasteiger partial charge in [0.15, 0.2) is 24.7 Å². The number of nitrogens with two attached hydrogens (primary N) is 5. The Hall–Kier alpha value is -1.09. The summed E-state index contributed by atoms with van der Waals surface area (Å²) in [7, 11) is 0. The van der Waals surface area contributed by atoms with Crippen molar-refractivity contribution in [2.45, 2.75) is 149 Å². The van der Waals surface area contributed by atoms with Crippen LogP contribution in [0.25, 0.3) is 0 Å². The highest BCUT2D eigenvalue weighted by molar-refractivity contribution is 5.83. The quantitative estimate of drug-likeness (QED) is 0.0794. The molecule has 18 N–H and O–H groups in total. The van der Waals surface area contributed by atoms with Gasteiger partial charge in [0.05, 0.1) is 43.1 Å². The van der Waals surface area contributed by atoms with Crippen molar-refractivity contribution in [3.05, 3.63) is 0 Å². The van der Waals surface area contributed by atoms with Gasteiger partial charge >= 0.3 is 0 Å². The average Bonchev–Trinajstić information content (AvgIpc) is 3.38. The lowest BCUT2D eigenvalue weighted by atomic mass is 9.76. The van der Waals surface area contributed by atoms with E-state index in [-0.39, 0.29) is 32.4 Å². The summed E-state index contributed by atoms with van der Waals surface area (Å²) in [6.45, 7) is 0.740.